The van der Waals surface area contributed by atoms with E-state index >= 15 is 0 Å². The Morgan fingerprint density at radius 1 is 1.15 bits per heavy atom. The van der Waals surface area contributed by atoms with E-state index in [1.807, 2.05) is 6.07 Å². The van der Waals surface area contributed by atoms with E-state index in [0.29, 0.717) is 22.5 Å². The van der Waals surface area contributed by atoms with Gasteiger partial charge in [-0.05, 0) is 31.0 Å². The lowest BCUT2D eigenvalue weighted by atomic mass is 10.00. The normalized spacial score (nSPS) is 17.1. The Balaban J connectivity index is 1.85. The molecule has 3 rings (SSSR count). The maximum atomic E-state index is 5.95. The van der Waals surface area contributed by atoms with Crippen LogP contribution in [0.25, 0.3) is 11.5 Å². The average molecular weight is 292 g/mol. The lowest BCUT2D eigenvalue weighted by Crippen LogP contribution is -1.99. The zero-order valence-electron chi connectivity index (χ0n) is 11.3. The van der Waals surface area contributed by atoms with Crippen LogP contribution in [0.3, 0.4) is 0 Å². The predicted octanol–water partition coefficient (Wildman–Crippen LogP) is 4.41. The van der Waals surface area contributed by atoms with E-state index in [9.17, 15) is 0 Å². The number of hydrogen-bond donors (Lipinski definition) is 1. The van der Waals surface area contributed by atoms with Crippen molar-refractivity contribution >= 4 is 17.3 Å². The highest BCUT2D eigenvalue weighted by atomic mass is 35.5. The topological polar surface area (TPSA) is 64.9 Å². The molecular formula is C15H18ClN3O. The van der Waals surface area contributed by atoms with Crippen LogP contribution in [0.15, 0.2) is 22.7 Å². The van der Waals surface area contributed by atoms with Crippen LogP contribution in [0.4, 0.5) is 5.69 Å². The third-order valence-corrected chi connectivity index (χ3v) is 4.14. The summed E-state index contributed by atoms with van der Waals surface area (Å²) in [6.45, 7) is 0. The maximum absolute atomic E-state index is 5.95. The molecule has 1 saturated carbocycles. The summed E-state index contributed by atoms with van der Waals surface area (Å²) in [5, 5.41) is 4.75. The minimum absolute atomic E-state index is 0.420. The summed E-state index contributed by atoms with van der Waals surface area (Å²) in [5.41, 5.74) is 7.27. The smallest absolute Gasteiger partial charge is 0.260 e. The van der Waals surface area contributed by atoms with Crippen molar-refractivity contribution in [3.8, 4) is 11.5 Å². The van der Waals surface area contributed by atoms with Crippen LogP contribution in [0, 0.1) is 0 Å². The van der Waals surface area contributed by atoms with Crippen LogP contribution < -0.4 is 5.73 Å². The molecule has 2 N–H and O–H groups in total. The fourth-order valence-electron chi connectivity index (χ4n) is 2.78. The van der Waals surface area contributed by atoms with E-state index in [2.05, 4.69) is 10.1 Å². The second-order valence-electron chi connectivity index (χ2n) is 5.38. The summed E-state index contributed by atoms with van der Waals surface area (Å²) in [5.74, 6) is 1.72. The number of halogens is 1. The lowest BCUT2D eigenvalue weighted by Gasteiger charge is -2.07. The van der Waals surface area contributed by atoms with Gasteiger partial charge < -0.3 is 10.3 Å². The third-order valence-electron chi connectivity index (χ3n) is 3.91. The molecule has 0 unspecified atom stereocenters. The SMILES string of the molecule is Nc1cc(Cl)ccc1-c1nc(C2CCCCCC2)no1. The molecule has 0 atom stereocenters. The Morgan fingerprint density at radius 2 is 1.90 bits per heavy atom. The number of nitrogens with zero attached hydrogens (tertiary/aromatic N) is 2. The number of nitrogen functional groups attached to an aromatic ring is 1. The minimum Gasteiger partial charge on any atom is -0.398 e. The Morgan fingerprint density at radius 3 is 2.60 bits per heavy atom. The summed E-state index contributed by atoms with van der Waals surface area (Å²) >= 11 is 5.90. The molecule has 0 spiro atoms. The first-order valence-corrected chi connectivity index (χ1v) is 7.51. The molecule has 5 heteroatoms. The summed E-state index contributed by atoms with van der Waals surface area (Å²) < 4.78 is 5.38. The summed E-state index contributed by atoms with van der Waals surface area (Å²) in [6, 6.07) is 5.30. The molecule has 1 aromatic heterocycles. The molecule has 0 radical (unpaired) electrons. The molecule has 0 saturated heterocycles. The van der Waals surface area contributed by atoms with Gasteiger partial charge in [0.2, 0.25) is 0 Å². The second-order valence-corrected chi connectivity index (χ2v) is 5.81. The third kappa shape index (κ3) is 2.80. The Bertz CT molecular complexity index is 589. The van der Waals surface area contributed by atoms with E-state index in [0.717, 1.165) is 24.2 Å². The molecular weight excluding hydrogens is 274 g/mol. The van der Waals surface area contributed by atoms with Crippen LogP contribution in [-0.2, 0) is 0 Å². The van der Waals surface area contributed by atoms with Gasteiger partial charge in [0, 0.05) is 16.6 Å². The first kappa shape index (κ1) is 13.4. The van der Waals surface area contributed by atoms with Gasteiger partial charge in [0.05, 0.1) is 5.56 Å². The molecule has 1 aliphatic rings. The highest BCUT2D eigenvalue weighted by molar-refractivity contribution is 6.31. The Hall–Kier alpha value is -1.55. The van der Waals surface area contributed by atoms with Crippen molar-refractivity contribution in [1.29, 1.82) is 0 Å². The number of benzene rings is 1. The van der Waals surface area contributed by atoms with Crippen LogP contribution in [0.5, 0.6) is 0 Å². The van der Waals surface area contributed by atoms with Crippen molar-refractivity contribution < 1.29 is 4.52 Å². The largest absolute Gasteiger partial charge is 0.398 e. The van der Waals surface area contributed by atoms with Crippen LogP contribution in [-0.4, -0.2) is 10.1 Å². The number of aromatic nitrogens is 2. The zero-order valence-corrected chi connectivity index (χ0v) is 12.1. The van der Waals surface area contributed by atoms with Crippen LogP contribution >= 0.6 is 11.6 Å². The predicted molar refractivity (Wildman–Crippen MR) is 79.6 cm³/mol. The lowest BCUT2D eigenvalue weighted by molar-refractivity contribution is 0.410. The van der Waals surface area contributed by atoms with Gasteiger partial charge in [-0.15, -0.1) is 0 Å². The van der Waals surface area contributed by atoms with Crippen molar-refractivity contribution in [3.05, 3.63) is 29.0 Å². The number of nitrogens with two attached hydrogens (primary N) is 1. The zero-order chi connectivity index (χ0) is 13.9. The summed E-state index contributed by atoms with van der Waals surface area (Å²) in [7, 11) is 0. The quantitative estimate of drug-likeness (QED) is 0.657. The highest BCUT2D eigenvalue weighted by Crippen LogP contribution is 2.32. The Labute approximate surface area is 123 Å². The van der Waals surface area contributed by atoms with Crippen LogP contribution in [0.1, 0.15) is 50.3 Å². The fraction of sp³-hybridized carbons (Fsp3) is 0.467. The fourth-order valence-corrected chi connectivity index (χ4v) is 2.96. The van der Waals surface area contributed by atoms with Gasteiger partial charge in [0.15, 0.2) is 5.82 Å². The number of hydrogen-bond acceptors (Lipinski definition) is 4. The van der Waals surface area contributed by atoms with E-state index in [1.165, 1.54) is 25.7 Å². The molecule has 1 aromatic carbocycles. The molecule has 20 heavy (non-hydrogen) atoms. The highest BCUT2D eigenvalue weighted by Gasteiger charge is 2.21. The van der Waals surface area contributed by atoms with E-state index in [-0.39, 0.29) is 0 Å². The molecule has 1 aliphatic carbocycles. The molecule has 106 valence electrons. The first-order valence-electron chi connectivity index (χ1n) is 7.13. The summed E-state index contributed by atoms with van der Waals surface area (Å²) in [4.78, 5) is 4.54. The summed E-state index contributed by atoms with van der Waals surface area (Å²) in [6.07, 6.45) is 7.41. The van der Waals surface area contributed by atoms with Gasteiger partial charge in [0.1, 0.15) is 0 Å². The molecule has 0 aliphatic heterocycles. The van der Waals surface area contributed by atoms with Crippen LogP contribution in [0.2, 0.25) is 5.02 Å². The van der Waals surface area contributed by atoms with E-state index in [1.54, 1.807) is 12.1 Å². The van der Waals surface area contributed by atoms with Gasteiger partial charge >= 0.3 is 0 Å². The average Bonchev–Trinajstić information content (AvgIpc) is 2.74. The molecule has 0 amide bonds. The Kier molecular flexibility index (Phi) is 3.92. The van der Waals surface area contributed by atoms with Gasteiger partial charge in [-0.2, -0.15) is 4.98 Å². The van der Waals surface area contributed by atoms with Crippen molar-refractivity contribution in [1.82, 2.24) is 10.1 Å². The molecule has 0 bridgehead atoms. The van der Waals surface area contributed by atoms with Crippen molar-refractivity contribution in [2.45, 2.75) is 44.4 Å². The van der Waals surface area contributed by atoms with E-state index in [4.69, 9.17) is 21.9 Å². The van der Waals surface area contributed by atoms with Crippen molar-refractivity contribution in [2.24, 2.45) is 0 Å². The second kappa shape index (κ2) is 5.83. The molecule has 1 fully saturated rings. The minimum atomic E-state index is 0.420. The standard InChI is InChI=1S/C15H18ClN3O/c16-11-7-8-12(13(17)9-11)15-18-14(19-20-15)10-5-3-1-2-4-6-10/h7-10H,1-6,17H2. The molecule has 4 nitrogen and oxygen atoms in total. The number of rotatable bonds is 2. The van der Waals surface area contributed by atoms with Crippen molar-refractivity contribution in [3.63, 3.8) is 0 Å². The number of anilines is 1. The van der Waals surface area contributed by atoms with Gasteiger partial charge in [0.25, 0.3) is 5.89 Å². The molecule has 2 aromatic rings. The maximum Gasteiger partial charge on any atom is 0.260 e. The van der Waals surface area contributed by atoms with Gasteiger partial charge in [-0.1, -0.05) is 42.4 Å². The van der Waals surface area contributed by atoms with Gasteiger partial charge in [-0.3, -0.25) is 0 Å². The van der Waals surface area contributed by atoms with Crippen molar-refractivity contribution in [2.75, 3.05) is 5.73 Å². The first-order chi connectivity index (χ1) is 9.74. The van der Waals surface area contributed by atoms with Gasteiger partial charge in [-0.25, -0.2) is 0 Å². The monoisotopic (exact) mass is 291 g/mol. The molecule has 1 heterocycles. The van der Waals surface area contributed by atoms with E-state index < -0.39 is 0 Å².